The fourth-order valence-corrected chi connectivity index (χ4v) is 3.23. The van der Waals surface area contributed by atoms with Crippen LogP contribution in [0.2, 0.25) is 0 Å². The van der Waals surface area contributed by atoms with Crippen LogP contribution < -0.4 is 10.2 Å². The number of carbonyl (C=O) groups excluding carboxylic acids is 1. The molecule has 2 rings (SSSR count). The molecule has 5 heteroatoms. The second kappa shape index (κ2) is 8.92. The van der Waals surface area contributed by atoms with Crippen molar-refractivity contribution in [3.63, 3.8) is 0 Å². The number of rotatable bonds is 7. The molecule has 1 aliphatic rings. The Morgan fingerprint density at radius 2 is 1.92 bits per heavy atom. The van der Waals surface area contributed by atoms with Gasteiger partial charge in [0.1, 0.15) is 6.04 Å². The molecule has 1 heterocycles. The zero-order valence-electron chi connectivity index (χ0n) is 15.4. The largest absolute Gasteiger partial charge is 0.464 e. The minimum atomic E-state index is -0.336. The first-order valence-electron chi connectivity index (χ1n) is 8.92. The van der Waals surface area contributed by atoms with Crippen LogP contribution in [-0.4, -0.2) is 57.2 Å². The number of ether oxygens (including phenoxy) is 1. The summed E-state index contributed by atoms with van der Waals surface area (Å²) in [6, 6.07) is 8.00. The molecule has 0 radical (unpaired) electrons. The van der Waals surface area contributed by atoms with E-state index in [1.807, 2.05) is 26.0 Å². The molecule has 0 amide bonds. The Hall–Kier alpha value is -1.75. The number of piperidine rings is 1. The maximum absolute atomic E-state index is 11.7. The zero-order chi connectivity index (χ0) is 17.5. The normalized spacial score (nSPS) is 17.0. The van der Waals surface area contributed by atoms with Crippen molar-refractivity contribution in [1.29, 1.82) is 0 Å². The molecule has 1 unspecified atom stereocenters. The number of nitrogens with one attached hydrogen (secondary N) is 1. The Bertz CT molecular complexity index is 508. The molecule has 1 saturated heterocycles. The van der Waals surface area contributed by atoms with E-state index in [2.05, 4.69) is 41.3 Å². The van der Waals surface area contributed by atoms with E-state index in [4.69, 9.17) is 4.74 Å². The van der Waals surface area contributed by atoms with E-state index >= 15 is 0 Å². The Balaban J connectivity index is 1.85. The van der Waals surface area contributed by atoms with Crippen molar-refractivity contribution in [2.24, 2.45) is 5.92 Å². The molecule has 24 heavy (non-hydrogen) atoms. The van der Waals surface area contributed by atoms with Crippen molar-refractivity contribution in [2.75, 3.05) is 50.6 Å². The van der Waals surface area contributed by atoms with Crippen LogP contribution in [0.5, 0.6) is 0 Å². The average molecular weight is 333 g/mol. The third-order valence-corrected chi connectivity index (χ3v) is 4.49. The van der Waals surface area contributed by atoms with E-state index in [9.17, 15) is 4.79 Å². The highest BCUT2D eigenvalue weighted by Gasteiger charge is 2.20. The summed E-state index contributed by atoms with van der Waals surface area (Å²) in [5.74, 6) is 0.590. The van der Waals surface area contributed by atoms with E-state index < -0.39 is 0 Å². The van der Waals surface area contributed by atoms with Crippen LogP contribution in [0, 0.1) is 5.92 Å². The number of hydrogen-bond acceptors (Lipinski definition) is 5. The van der Waals surface area contributed by atoms with E-state index in [1.54, 1.807) is 0 Å². The topological polar surface area (TPSA) is 44.8 Å². The molecule has 0 aromatic heterocycles. The first kappa shape index (κ1) is 18.6. The van der Waals surface area contributed by atoms with Gasteiger partial charge in [0.05, 0.1) is 6.61 Å². The summed E-state index contributed by atoms with van der Waals surface area (Å²) >= 11 is 0. The molecule has 1 aromatic carbocycles. The van der Waals surface area contributed by atoms with Crippen molar-refractivity contribution >= 4 is 17.3 Å². The number of anilines is 2. The summed E-state index contributed by atoms with van der Waals surface area (Å²) in [7, 11) is 4.30. The number of carbonyl (C=O) groups is 1. The maximum Gasteiger partial charge on any atom is 0.328 e. The van der Waals surface area contributed by atoms with Crippen molar-refractivity contribution in [3.05, 3.63) is 24.3 Å². The van der Waals surface area contributed by atoms with Gasteiger partial charge < -0.3 is 19.9 Å². The van der Waals surface area contributed by atoms with Gasteiger partial charge in [0.25, 0.3) is 0 Å². The molecule has 134 valence electrons. The fourth-order valence-electron chi connectivity index (χ4n) is 3.23. The summed E-state index contributed by atoms with van der Waals surface area (Å²) < 4.78 is 5.02. The van der Waals surface area contributed by atoms with Gasteiger partial charge in [-0.05, 0) is 71.0 Å². The monoisotopic (exact) mass is 333 g/mol. The second-order valence-corrected chi connectivity index (χ2v) is 6.86. The second-order valence-electron chi connectivity index (χ2n) is 6.86. The lowest BCUT2D eigenvalue weighted by molar-refractivity contribution is -0.143. The molecule has 5 nitrogen and oxygen atoms in total. The smallest absolute Gasteiger partial charge is 0.328 e. The summed E-state index contributed by atoms with van der Waals surface area (Å²) in [6.45, 7) is 7.47. The van der Waals surface area contributed by atoms with Gasteiger partial charge in [-0.3, -0.25) is 0 Å². The van der Waals surface area contributed by atoms with Gasteiger partial charge in [0.2, 0.25) is 0 Å². The van der Waals surface area contributed by atoms with Crippen LogP contribution in [0.3, 0.4) is 0 Å². The summed E-state index contributed by atoms with van der Waals surface area (Å²) in [5.41, 5.74) is 2.20. The van der Waals surface area contributed by atoms with Crippen molar-refractivity contribution < 1.29 is 9.53 Å². The molecule has 1 aromatic rings. The molecule has 0 saturated carbocycles. The van der Waals surface area contributed by atoms with Crippen LogP contribution in [0.15, 0.2) is 24.3 Å². The zero-order valence-corrected chi connectivity index (χ0v) is 15.4. The Kier molecular flexibility index (Phi) is 6.91. The van der Waals surface area contributed by atoms with Crippen molar-refractivity contribution in [1.82, 2.24) is 4.90 Å². The predicted molar refractivity (Wildman–Crippen MR) is 99.7 cm³/mol. The average Bonchev–Trinajstić information content (AvgIpc) is 2.56. The molecular weight excluding hydrogens is 302 g/mol. The van der Waals surface area contributed by atoms with Crippen molar-refractivity contribution in [2.45, 2.75) is 32.7 Å². The number of benzene rings is 1. The molecule has 1 aliphatic heterocycles. The van der Waals surface area contributed by atoms with E-state index in [0.29, 0.717) is 6.61 Å². The summed E-state index contributed by atoms with van der Waals surface area (Å²) in [6.07, 6.45) is 2.50. The molecule has 1 atom stereocenters. The maximum atomic E-state index is 11.7. The molecule has 1 N–H and O–H groups in total. The Morgan fingerprint density at radius 3 is 2.46 bits per heavy atom. The minimum Gasteiger partial charge on any atom is -0.464 e. The summed E-state index contributed by atoms with van der Waals surface area (Å²) in [5, 5.41) is 3.19. The molecule has 0 spiro atoms. The highest BCUT2D eigenvalue weighted by molar-refractivity contribution is 5.78. The van der Waals surface area contributed by atoms with Crippen molar-refractivity contribution in [3.8, 4) is 0 Å². The van der Waals surface area contributed by atoms with Gasteiger partial charge in [0.15, 0.2) is 0 Å². The van der Waals surface area contributed by atoms with E-state index in [1.165, 1.54) is 25.1 Å². The third-order valence-electron chi connectivity index (χ3n) is 4.49. The molecule has 1 fully saturated rings. The highest BCUT2D eigenvalue weighted by atomic mass is 16.5. The lowest BCUT2D eigenvalue weighted by atomic mass is 9.96. The summed E-state index contributed by atoms with van der Waals surface area (Å²) in [4.78, 5) is 16.4. The van der Waals surface area contributed by atoms with Crippen LogP contribution in [0.1, 0.15) is 26.7 Å². The highest BCUT2D eigenvalue weighted by Crippen LogP contribution is 2.25. The first-order valence-corrected chi connectivity index (χ1v) is 8.92. The van der Waals surface area contributed by atoms with Crippen LogP contribution in [0.25, 0.3) is 0 Å². The number of nitrogens with zero attached hydrogens (tertiary/aromatic N) is 2. The lowest BCUT2D eigenvalue weighted by Gasteiger charge is -2.34. The lowest BCUT2D eigenvalue weighted by Crippen LogP contribution is -2.37. The number of hydrogen-bond donors (Lipinski definition) is 1. The predicted octanol–water partition coefficient (Wildman–Crippen LogP) is 2.83. The standard InChI is InChI=1S/C19H31N3O2/c1-5-24-19(23)15(2)20-17-6-8-18(9-7-17)22-12-10-16(11-13-22)14-21(3)4/h6-9,15-16,20H,5,10-14H2,1-4H3. The fraction of sp³-hybridized carbons (Fsp3) is 0.632. The molecule has 0 bridgehead atoms. The van der Waals surface area contributed by atoms with E-state index in [-0.39, 0.29) is 12.0 Å². The van der Waals surface area contributed by atoms with Crippen LogP contribution in [0.4, 0.5) is 11.4 Å². The van der Waals surface area contributed by atoms with E-state index in [0.717, 1.165) is 24.7 Å². The van der Waals surface area contributed by atoms with Crippen LogP contribution >= 0.6 is 0 Å². The third kappa shape index (κ3) is 5.41. The minimum absolute atomic E-state index is 0.218. The van der Waals surface area contributed by atoms with Gasteiger partial charge in [0, 0.05) is 31.0 Å². The SMILES string of the molecule is CCOC(=O)C(C)Nc1ccc(N2CCC(CN(C)C)CC2)cc1. The quantitative estimate of drug-likeness (QED) is 0.778. The van der Waals surface area contributed by atoms with Crippen LogP contribution in [-0.2, 0) is 9.53 Å². The molecule has 0 aliphatic carbocycles. The molecular formula is C19H31N3O2. The van der Waals surface area contributed by atoms with Gasteiger partial charge in [-0.1, -0.05) is 0 Å². The van der Waals surface area contributed by atoms with Gasteiger partial charge in [-0.25, -0.2) is 4.79 Å². The Labute approximate surface area is 146 Å². The first-order chi connectivity index (χ1) is 11.5. The van der Waals surface area contributed by atoms with Gasteiger partial charge in [-0.2, -0.15) is 0 Å². The number of esters is 1. The van der Waals surface area contributed by atoms with Gasteiger partial charge >= 0.3 is 5.97 Å². The Morgan fingerprint density at radius 1 is 1.29 bits per heavy atom. The van der Waals surface area contributed by atoms with Gasteiger partial charge in [-0.15, -0.1) is 0 Å².